The smallest absolute Gasteiger partial charge is 0.234 e. The Morgan fingerprint density at radius 3 is 1.82 bits per heavy atom. The van der Waals surface area contributed by atoms with Gasteiger partial charge in [0.25, 0.3) is 0 Å². The summed E-state index contributed by atoms with van der Waals surface area (Å²) in [5.74, 6) is -0.170. The average molecular weight is 317 g/mol. The summed E-state index contributed by atoms with van der Waals surface area (Å²) in [4.78, 5) is 25.6. The standard InChI is InChI=1S/C15H31N3O4/c1-4-5-6-9-18(12-14(19)16-7-10-21-2)13-15(20)17-8-11-22-3/h4-13H2,1-3H3,(H,16,19)(H,17,20). The number of carbonyl (C=O) groups excluding carboxylic acids is 2. The van der Waals surface area contributed by atoms with E-state index < -0.39 is 0 Å². The van der Waals surface area contributed by atoms with Gasteiger partial charge in [-0.25, -0.2) is 0 Å². The van der Waals surface area contributed by atoms with Crippen LogP contribution in [0.15, 0.2) is 0 Å². The van der Waals surface area contributed by atoms with Gasteiger partial charge in [0.15, 0.2) is 0 Å². The van der Waals surface area contributed by atoms with E-state index in [0.717, 1.165) is 25.8 Å². The molecule has 0 aliphatic rings. The third-order valence-corrected chi connectivity index (χ3v) is 3.07. The number of nitrogens with zero attached hydrogens (tertiary/aromatic N) is 1. The second-order valence-corrected chi connectivity index (χ2v) is 5.10. The van der Waals surface area contributed by atoms with Gasteiger partial charge in [-0.05, 0) is 13.0 Å². The molecular weight excluding hydrogens is 286 g/mol. The largest absolute Gasteiger partial charge is 0.383 e. The SMILES string of the molecule is CCCCCN(CC(=O)NCCOC)CC(=O)NCCOC. The minimum atomic E-state index is -0.0850. The van der Waals surface area contributed by atoms with Crippen LogP contribution in [-0.2, 0) is 19.1 Å². The molecular formula is C15H31N3O4. The number of carbonyl (C=O) groups is 2. The first-order chi connectivity index (χ1) is 10.6. The highest BCUT2D eigenvalue weighted by Crippen LogP contribution is 1.98. The summed E-state index contributed by atoms with van der Waals surface area (Å²) in [5.41, 5.74) is 0. The summed E-state index contributed by atoms with van der Waals surface area (Å²) in [6.07, 6.45) is 3.17. The van der Waals surface area contributed by atoms with Crippen LogP contribution in [0.25, 0.3) is 0 Å². The maximum absolute atomic E-state index is 11.8. The van der Waals surface area contributed by atoms with Gasteiger partial charge in [0.1, 0.15) is 0 Å². The highest BCUT2D eigenvalue weighted by Gasteiger charge is 2.14. The lowest BCUT2D eigenvalue weighted by Crippen LogP contribution is -2.44. The molecule has 7 heteroatoms. The topological polar surface area (TPSA) is 79.9 Å². The monoisotopic (exact) mass is 317 g/mol. The molecule has 0 spiro atoms. The van der Waals surface area contributed by atoms with E-state index in [1.165, 1.54) is 0 Å². The van der Waals surface area contributed by atoms with Gasteiger partial charge in [-0.2, -0.15) is 0 Å². The summed E-state index contributed by atoms with van der Waals surface area (Å²) in [6, 6.07) is 0. The molecule has 2 amide bonds. The van der Waals surface area contributed by atoms with Crippen molar-refractivity contribution in [2.75, 3.05) is 60.2 Å². The maximum Gasteiger partial charge on any atom is 0.234 e. The van der Waals surface area contributed by atoms with Crippen molar-refractivity contribution in [3.63, 3.8) is 0 Å². The maximum atomic E-state index is 11.8. The van der Waals surface area contributed by atoms with Crippen molar-refractivity contribution in [1.82, 2.24) is 15.5 Å². The molecule has 2 N–H and O–H groups in total. The Hall–Kier alpha value is -1.18. The molecule has 0 aliphatic heterocycles. The lowest BCUT2D eigenvalue weighted by Gasteiger charge is -2.21. The molecule has 0 saturated carbocycles. The second kappa shape index (κ2) is 14.7. The van der Waals surface area contributed by atoms with E-state index >= 15 is 0 Å². The molecule has 0 rings (SSSR count). The first-order valence-corrected chi connectivity index (χ1v) is 7.87. The van der Waals surface area contributed by atoms with Gasteiger partial charge < -0.3 is 20.1 Å². The Bertz CT molecular complexity index is 277. The molecule has 0 saturated heterocycles. The van der Waals surface area contributed by atoms with Gasteiger partial charge in [-0.3, -0.25) is 14.5 Å². The van der Waals surface area contributed by atoms with E-state index in [1.807, 2.05) is 4.90 Å². The molecule has 0 aliphatic carbocycles. The first-order valence-electron chi connectivity index (χ1n) is 7.87. The zero-order valence-electron chi connectivity index (χ0n) is 14.2. The number of hydrogen-bond acceptors (Lipinski definition) is 5. The van der Waals surface area contributed by atoms with Crippen molar-refractivity contribution in [3.8, 4) is 0 Å². The van der Waals surface area contributed by atoms with Crippen LogP contribution in [0.4, 0.5) is 0 Å². The normalized spacial score (nSPS) is 10.7. The Morgan fingerprint density at radius 2 is 1.41 bits per heavy atom. The van der Waals surface area contributed by atoms with E-state index in [4.69, 9.17) is 9.47 Å². The molecule has 22 heavy (non-hydrogen) atoms. The van der Waals surface area contributed by atoms with Crippen LogP contribution in [0, 0.1) is 0 Å². The molecule has 0 aromatic carbocycles. The van der Waals surface area contributed by atoms with Gasteiger partial charge in [0.2, 0.25) is 11.8 Å². The number of ether oxygens (including phenoxy) is 2. The van der Waals surface area contributed by atoms with Gasteiger partial charge in [0.05, 0.1) is 26.3 Å². The Morgan fingerprint density at radius 1 is 0.909 bits per heavy atom. The highest BCUT2D eigenvalue weighted by atomic mass is 16.5. The number of amides is 2. The molecule has 0 atom stereocenters. The molecule has 0 aromatic heterocycles. The quantitative estimate of drug-likeness (QED) is 0.441. The molecule has 0 unspecified atom stereocenters. The number of unbranched alkanes of at least 4 members (excludes halogenated alkanes) is 2. The summed E-state index contributed by atoms with van der Waals surface area (Å²) in [7, 11) is 3.18. The third-order valence-electron chi connectivity index (χ3n) is 3.07. The Balaban J connectivity index is 4.17. The van der Waals surface area contributed by atoms with Crippen molar-refractivity contribution >= 4 is 11.8 Å². The van der Waals surface area contributed by atoms with Crippen molar-refractivity contribution < 1.29 is 19.1 Å². The van der Waals surface area contributed by atoms with E-state index in [-0.39, 0.29) is 24.9 Å². The van der Waals surface area contributed by atoms with Crippen molar-refractivity contribution in [2.24, 2.45) is 0 Å². The lowest BCUT2D eigenvalue weighted by atomic mass is 10.2. The molecule has 0 radical (unpaired) electrons. The van der Waals surface area contributed by atoms with Crippen LogP contribution in [0.1, 0.15) is 26.2 Å². The molecule has 0 heterocycles. The minimum Gasteiger partial charge on any atom is -0.383 e. The van der Waals surface area contributed by atoms with Crippen molar-refractivity contribution in [1.29, 1.82) is 0 Å². The van der Waals surface area contributed by atoms with Crippen LogP contribution in [0.2, 0.25) is 0 Å². The fraction of sp³-hybridized carbons (Fsp3) is 0.867. The second-order valence-electron chi connectivity index (χ2n) is 5.10. The van der Waals surface area contributed by atoms with Crippen LogP contribution in [0.3, 0.4) is 0 Å². The van der Waals surface area contributed by atoms with Crippen LogP contribution >= 0.6 is 0 Å². The highest BCUT2D eigenvalue weighted by molar-refractivity contribution is 5.81. The molecule has 0 fully saturated rings. The summed E-state index contributed by atoms with van der Waals surface area (Å²) in [5, 5.41) is 5.55. The average Bonchev–Trinajstić information content (AvgIpc) is 2.48. The van der Waals surface area contributed by atoms with E-state index in [0.29, 0.717) is 26.3 Å². The fourth-order valence-electron chi connectivity index (χ4n) is 1.90. The third kappa shape index (κ3) is 12.6. The molecule has 7 nitrogen and oxygen atoms in total. The summed E-state index contributed by atoms with van der Waals surface area (Å²) in [6.45, 7) is 5.26. The van der Waals surface area contributed by atoms with Gasteiger partial charge in [-0.1, -0.05) is 19.8 Å². The zero-order valence-corrected chi connectivity index (χ0v) is 14.2. The number of hydrogen-bond donors (Lipinski definition) is 2. The molecule has 0 bridgehead atoms. The molecule has 0 aromatic rings. The Labute approximate surface area is 133 Å². The van der Waals surface area contributed by atoms with E-state index in [1.54, 1.807) is 14.2 Å². The van der Waals surface area contributed by atoms with Crippen molar-refractivity contribution in [2.45, 2.75) is 26.2 Å². The zero-order chi connectivity index (χ0) is 16.6. The summed E-state index contributed by atoms with van der Waals surface area (Å²) < 4.78 is 9.78. The lowest BCUT2D eigenvalue weighted by molar-refractivity contribution is -0.125. The van der Waals surface area contributed by atoms with Gasteiger partial charge in [0, 0.05) is 27.3 Å². The van der Waals surface area contributed by atoms with Gasteiger partial charge >= 0.3 is 0 Å². The Kier molecular flexibility index (Phi) is 14.0. The summed E-state index contributed by atoms with van der Waals surface area (Å²) >= 11 is 0. The predicted octanol–water partition coefficient (Wildman–Crippen LogP) is 0.00380. The number of methoxy groups -OCH3 is 2. The first kappa shape index (κ1) is 20.8. The van der Waals surface area contributed by atoms with Gasteiger partial charge in [-0.15, -0.1) is 0 Å². The van der Waals surface area contributed by atoms with Crippen LogP contribution in [-0.4, -0.2) is 76.9 Å². The number of nitrogens with one attached hydrogen (secondary N) is 2. The van der Waals surface area contributed by atoms with Crippen LogP contribution in [0.5, 0.6) is 0 Å². The van der Waals surface area contributed by atoms with Crippen molar-refractivity contribution in [3.05, 3.63) is 0 Å². The number of rotatable bonds is 14. The fourth-order valence-corrected chi connectivity index (χ4v) is 1.90. The van der Waals surface area contributed by atoms with Crippen LogP contribution < -0.4 is 10.6 Å². The minimum absolute atomic E-state index is 0.0850. The predicted molar refractivity (Wildman–Crippen MR) is 85.7 cm³/mol. The van der Waals surface area contributed by atoms with E-state index in [2.05, 4.69) is 17.6 Å². The molecule has 130 valence electrons. The van der Waals surface area contributed by atoms with E-state index in [9.17, 15) is 9.59 Å².